The zero-order valence-corrected chi connectivity index (χ0v) is 32.7. The van der Waals surface area contributed by atoms with Crippen LogP contribution in [0.25, 0.3) is 21.8 Å². The first kappa shape index (κ1) is 37.5. The molecular weight excluding hydrogens is 804 g/mol. The number of aromatic amines is 2. The van der Waals surface area contributed by atoms with E-state index in [0.29, 0.717) is 47.1 Å². The van der Waals surface area contributed by atoms with Gasteiger partial charge in [0.25, 0.3) is 5.69 Å². The molecule has 0 saturated heterocycles. The van der Waals surface area contributed by atoms with E-state index in [9.17, 15) is 38.8 Å². The summed E-state index contributed by atoms with van der Waals surface area (Å²) in [4.78, 5) is 81.4. The van der Waals surface area contributed by atoms with Crippen molar-refractivity contribution in [3.8, 4) is 17.2 Å². The van der Waals surface area contributed by atoms with Gasteiger partial charge in [0.2, 0.25) is 11.8 Å². The molecule has 2 amide bonds. The van der Waals surface area contributed by atoms with Gasteiger partial charge in [0.1, 0.15) is 5.75 Å². The Labute approximate surface area is 333 Å². The molecule has 19 heteroatoms. The van der Waals surface area contributed by atoms with Crippen LogP contribution in [-0.2, 0) is 14.2 Å². The summed E-state index contributed by atoms with van der Waals surface area (Å²) >= 11 is 13.0. The molecule has 4 N–H and O–H groups in total. The minimum atomic E-state index is -4.95. The van der Waals surface area contributed by atoms with Gasteiger partial charge >= 0.3 is 14.0 Å². The lowest BCUT2D eigenvalue weighted by atomic mass is 9.34. The molecular formula is C38H34Cl2N5O11P. The number of rotatable bonds is 9. The quantitative estimate of drug-likeness (QED) is 0.0286. The van der Waals surface area contributed by atoms with Gasteiger partial charge in [-0.1, -0.05) is 0 Å². The Balaban J connectivity index is 0.985. The summed E-state index contributed by atoms with van der Waals surface area (Å²) in [6.45, 7) is 4.28. The number of hydrogen-bond acceptors (Lipinski definition) is 9. The number of phosphoric acid groups is 1. The standard InChI is InChI=1S/C38H34Cl2N5O11P/c1-18-11-41-32-26(55-36(48)54-23-5-3-22(4-6-23)45(49)50)7-24-30(28(18)32)20(9-39)13-43(24)34(46)37-15-38(16-37,17-37)35(47)44-14-21(10-40)31-25(44)8-27(56-57(51,52)53)33-29(31)19(2)12-42-33/h3-8,11-12,20-21,41-42H,9-10,13-17H2,1-2H3,(H2,51,52,53)/t20-,21-,37?,38?/m1/s1. The molecule has 296 valence electrons. The highest BCUT2D eigenvalue weighted by Gasteiger charge is 2.76. The van der Waals surface area contributed by atoms with Gasteiger partial charge in [0.15, 0.2) is 11.5 Å². The van der Waals surface area contributed by atoms with E-state index in [2.05, 4.69) is 9.97 Å². The molecule has 0 unspecified atom stereocenters. The molecule has 2 aliphatic heterocycles. The largest absolute Gasteiger partial charge is 0.524 e. The van der Waals surface area contributed by atoms with Gasteiger partial charge in [-0.15, -0.1) is 23.2 Å². The lowest BCUT2D eigenvalue weighted by Crippen LogP contribution is -2.73. The number of halogens is 2. The number of ether oxygens (including phenoxy) is 2. The highest BCUT2D eigenvalue weighted by molar-refractivity contribution is 7.46. The lowest BCUT2D eigenvalue weighted by Gasteiger charge is -2.69. The number of anilines is 2. The van der Waals surface area contributed by atoms with Crippen LogP contribution in [0.2, 0.25) is 0 Å². The van der Waals surface area contributed by atoms with Crippen LogP contribution >= 0.6 is 31.0 Å². The van der Waals surface area contributed by atoms with Gasteiger partial charge in [0, 0.05) is 84.1 Å². The number of carbonyl (C=O) groups is 3. The number of benzene rings is 3. The molecule has 2 aromatic heterocycles. The number of hydrogen-bond donors (Lipinski definition) is 4. The Kier molecular flexibility index (Phi) is 8.51. The molecule has 4 heterocycles. The molecule has 3 saturated carbocycles. The van der Waals surface area contributed by atoms with Crippen molar-refractivity contribution < 1.29 is 47.7 Å². The van der Waals surface area contributed by atoms with E-state index in [0.717, 1.165) is 27.6 Å². The topological polar surface area (TPSA) is 218 Å². The van der Waals surface area contributed by atoms with Crippen molar-refractivity contribution in [3.05, 3.63) is 81.2 Å². The van der Waals surface area contributed by atoms with Crippen LogP contribution in [0.3, 0.4) is 0 Å². The Morgan fingerprint density at radius 2 is 1.32 bits per heavy atom. The molecule has 5 aromatic rings. The van der Waals surface area contributed by atoms with Crippen LogP contribution in [0.5, 0.6) is 17.2 Å². The summed E-state index contributed by atoms with van der Waals surface area (Å²) in [5, 5.41) is 12.5. The molecule has 57 heavy (non-hydrogen) atoms. The molecule has 16 nitrogen and oxygen atoms in total. The molecule has 10 rings (SSSR count). The number of nitro benzene ring substituents is 1. The van der Waals surface area contributed by atoms with Crippen molar-refractivity contribution in [2.45, 2.75) is 44.9 Å². The lowest BCUT2D eigenvalue weighted by molar-refractivity contribution is -0.384. The van der Waals surface area contributed by atoms with Gasteiger partial charge in [-0.3, -0.25) is 29.5 Å². The summed E-state index contributed by atoms with van der Waals surface area (Å²) in [5.41, 5.74) is 3.40. The van der Waals surface area contributed by atoms with E-state index < -0.39 is 29.7 Å². The predicted molar refractivity (Wildman–Crippen MR) is 209 cm³/mol. The van der Waals surface area contributed by atoms with Crippen LogP contribution in [-0.4, -0.2) is 67.5 Å². The van der Waals surface area contributed by atoms with E-state index >= 15 is 0 Å². The SMILES string of the molecule is Cc1c[nH]c2c(OC(=O)Oc3ccc([N+](=O)[O-])cc3)cc3c(c12)[C@H](CCl)CN3C(=O)C12CC(C(=O)N3C[C@@H](CCl)c4c3cc(OP(=O)(O)O)c3[nH]cc(C)c43)(C1)C2. The summed E-state index contributed by atoms with van der Waals surface area (Å²) < 4.78 is 28.0. The van der Waals surface area contributed by atoms with Gasteiger partial charge in [-0.2, -0.15) is 0 Å². The van der Waals surface area contributed by atoms with Gasteiger partial charge < -0.3 is 33.8 Å². The van der Waals surface area contributed by atoms with Crippen molar-refractivity contribution >= 4 is 87.9 Å². The second kappa shape index (κ2) is 12.9. The fourth-order valence-corrected chi connectivity index (χ4v) is 10.5. The van der Waals surface area contributed by atoms with E-state index in [4.69, 9.17) is 37.2 Å². The zero-order valence-electron chi connectivity index (χ0n) is 30.3. The third kappa shape index (κ3) is 5.71. The Hall–Kier alpha value is -5.12. The highest BCUT2D eigenvalue weighted by Crippen LogP contribution is 2.75. The normalized spacial score (nSPS) is 23.2. The number of fused-ring (bicyclic) bond motifs is 6. The average molecular weight is 839 g/mol. The minimum absolute atomic E-state index is 0.0372. The number of phosphoric ester groups is 1. The molecule has 0 spiro atoms. The summed E-state index contributed by atoms with van der Waals surface area (Å²) in [7, 11) is -4.95. The molecule has 3 aromatic carbocycles. The number of carbonyl (C=O) groups excluding carboxylic acids is 3. The average Bonchev–Trinajstić information content (AvgIpc) is 3.89. The first-order chi connectivity index (χ1) is 27.1. The van der Waals surface area contributed by atoms with Crippen LogP contribution < -0.4 is 23.8 Å². The van der Waals surface area contributed by atoms with Crippen LogP contribution in [0, 0.1) is 34.8 Å². The second-order valence-corrected chi connectivity index (χ2v) is 17.3. The molecule has 3 fully saturated rings. The summed E-state index contributed by atoms with van der Waals surface area (Å²) in [6, 6.07) is 8.04. The maximum atomic E-state index is 14.6. The van der Waals surface area contributed by atoms with Crippen molar-refractivity contribution in [1.29, 1.82) is 0 Å². The predicted octanol–water partition coefficient (Wildman–Crippen LogP) is 7.43. The number of nitrogens with one attached hydrogen (secondary N) is 2. The Morgan fingerprint density at radius 3 is 1.77 bits per heavy atom. The Bertz CT molecular complexity index is 2620. The van der Waals surface area contributed by atoms with E-state index in [1.807, 2.05) is 13.8 Å². The smallest absolute Gasteiger partial charge is 0.402 e. The number of nitro groups is 1. The molecule has 5 aliphatic rings. The molecule has 2 atom stereocenters. The second-order valence-electron chi connectivity index (χ2n) is 15.5. The van der Waals surface area contributed by atoms with E-state index in [1.54, 1.807) is 28.3 Å². The van der Waals surface area contributed by atoms with Crippen molar-refractivity contribution in [3.63, 3.8) is 0 Å². The molecule has 3 aliphatic carbocycles. The fourth-order valence-electron chi connectivity index (χ4n) is 9.60. The first-order valence-corrected chi connectivity index (χ1v) is 20.6. The summed E-state index contributed by atoms with van der Waals surface area (Å²) in [6.07, 6.45) is 3.30. The summed E-state index contributed by atoms with van der Waals surface area (Å²) in [5.74, 6) is -0.363. The zero-order chi connectivity index (χ0) is 40.3. The van der Waals surface area contributed by atoms with Gasteiger partial charge in [-0.05, 0) is 67.5 Å². The first-order valence-electron chi connectivity index (χ1n) is 18.0. The minimum Gasteiger partial charge on any atom is -0.402 e. The van der Waals surface area contributed by atoms with Gasteiger partial charge in [-0.25, -0.2) is 9.36 Å². The van der Waals surface area contributed by atoms with Crippen molar-refractivity contribution in [1.82, 2.24) is 9.97 Å². The highest BCUT2D eigenvalue weighted by atomic mass is 35.5. The number of alkyl halides is 2. The third-order valence-electron chi connectivity index (χ3n) is 11.9. The number of nitrogens with zero attached hydrogens (tertiary/aromatic N) is 3. The molecule has 2 bridgehead atoms. The number of H-pyrrole nitrogens is 2. The van der Waals surface area contributed by atoms with E-state index in [-0.39, 0.29) is 71.4 Å². The van der Waals surface area contributed by atoms with Gasteiger partial charge in [0.05, 0.1) is 38.2 Å². The van der Waals surface area contributed by atoms with Crippen molar-refractivity contribution in [2.24, 2.45) is 10.8 Å². The number of aryl methyl sites for hydroxylation is 2. The van der Waals surface area contributed by atoms with Crippen molar-refractivity contribution in [2.75, 3.05) is 34.6 Å². The molecule has 0 radical (unpaired) electrons. The Morgan fingerprint density at radius 1 is 0.842 bits per heavy atom. The third-order valence-corrected chi connectivity index (χ3v) is 13.1. The number of amides is 2. The maximum Gasteiger partial charge on any atom is 0.524 e. The van der Waals surface area contributed by atoms with E-state index in [1.165, 1.54) is 30.3 Å². The fraction of sp³-hybridized carbons (Fsp3) is 0.342. The number of non-ortho nitro benzene ring substituents is 1. The maximum absolute atomic E-state index is 14.6. The van der Waals surface area contributed by atoms with Crippen LogP contribution in [0.15, 0.2) is 48.8 Å². The monoisotopic (exact) mass is 837 g/mol. The van der Waals surface area contributed by atoms with Crippen LogP contribution in [0.4, 0.5) is 21.9 Å². The van der Waals surface area contributed by atoms with Crippen LogP contribution in [0.1, 0.15) is 53.4 Å². The number of aromatic nitrogens is 2.